The van der Waals surface area contributed by atoms with Crippen molar-refractivity contribution >= 4 is 34.3 Å². The van der Waals surface area contributed by atoms with Crippen LogP contribution >= 0.6 is 11.3 Å². The summed E-state index contributed by atoms with van der Waals surface area (Å²) in [6.45, 7) is 6.61. The normalized spacial score (nSPS) is 11.0. The number of esters is 1. The summed E-state index contributed by atoms with van der Waals surface area (Å²) in [5.74, 6) is -0.0564. The van der Waals surface area contributed by atoms with Crippen LogP contribution in [-0.2, 0) is 9.53 Å². The van der Waals surface area contributed by atoms with Crippen molar-refractivity contribution in [2.45, 2.75) is 40.0 Å². The number of carbonyl (C=O) groups excluding carboxylic acids is 2. The lowest BCUT2D eigenvalue weighted by atomic mass is 10.0. The van der Waals surface area contributed by atoms with E-state index in [0.717, 1.165) is 30.4 Å². The molecule has 198 valence electrons. The van der Waals surface area contributed by atoms with Crippen LogP contribution in [0.15, 0.2) is 53.4 Å². The summed E-state index contributed by atoms with van der Waals surface area (Å²) in [5.41, 5.74) is 3.32. The molecule has 7 nitrogen and oxygen atoms in total. The Morgan fingerprint density at radius 3 is 2.50 bits per heavy atom. The van der Waals surface area contributed by atoms with Crippen LogP contribution in [0.5, 0.6) is 11.5 Å². The third-order valence-electron chi connectivity index (χ3n) is 5.73. The maximum Gasteiger partial charge on any atom is 0.341 e. The number of carbonyl (C=O) groups is 2. The fraction of sp³-hybridized carbons (Fsp3) is 0.300. The van der Waals surface area contributed by atoms with Gasteiger partial charge in [0, 0.05) is 10.9 Å². The van der Waals surface area contributed by atoms with Gasteiger partial charge in [0.25, 0.3) is 5.91 Å². The van der Waals surface area contributed by atoms with Gasteiger partial charge in [-0.25, -0.2) is 4.79 Å². The number of benzene rings is 2. The largest absolute Gasteiger partial charge is 0.493 e. The molecule has 2 aromatic carbocycles. The van der Waals surface area contributed by atoms with E-state index >= 15 is 0 Å². The van der Waals surface area contributed by atoms with Crippen LogP contribution in [0.2, 0.25) is 0 Å². The molecule has 0 atom stereocenters. The fourth-order valence-electron chi connectivity index (χ4n) is 3.71. The van der Waals surface area contributed by atoms with Gasteiger partial charge in [-0.05, 0) is 49.6 Å². The third-order valence-corrected chi connectivity index (χ3v) is 6.62. The highest BCUT2D eigenvalue weighted by atomic mass is 32.1. The second-order valence-corrected chi connectivity index (χ2v) is 9.41. The Bertz CT molecular complexity index is 1340. The molecule has 0 fully saturated rings. The first-order valence-electron chi connectivity index (χ1n) is 12.5. The number of ether oxygens (including phenoxy) is 3. The van der Waals surface area contributed by atoms with E-state index < -0.39 is 11.9 Å². The molecule has 0 bridgehead atoms. The number of nitriles is 1. The molecule has 0 saturated carbocycles. The van der Waals surface area contributed by atoms with E-state index in [0.29, 0.717) is 34.2 Å². The molecule has 3 rings (SSSR count). The zero-order valence-corrected chi connectivity index (χ0v) is 22.9. The smallest absolute Gasteiger partial charge is 0.341 e. The van der Waals surface area contributed by atoms with Crippen LogP contribution < -0.4 is 14.8 Å². The SMILES string of the molecule is CCCCCOc1ccc(C=C(C#N)C(=O)Nc2scc(-c3ccc(C)cc3)c2C(=O)OCC)cc1OC. The van der Waals surface area contributed by atoms with Gasteiger partial charge < -0.3 is 19.5 Å². The Kier molecular flexibility index (Phi) is 10.5. The lowest BCUT2D eigenvalue weighted by Crippen LogP contribution is -2.16. The van der Waals surface area contributed by atoms with E-state index in [1.54, 1.807) is 37.6 Å². The van der Waals surface area contributed by atoms with E-state index in [4.69, 9.17) is 14.2 Å². The molecule has 0 spiro atoms. The van der Waals surface area contributed by atoms with Crippen molar-refractivity contribution in [1.82, 2.24) is 0 Å². The summed E-state index contributed by atoms with van der Waals surface area (Å²) in [6.07, 6.45) is 4.60. The number of nitrogens with zero attached hydrogens (tertiary/aromatic N) is 1. The minimum atomic E-state index is -0.630. The number of aryl methyl sites for hydroxylation is 1. The number of amides is 1. The van der Waals surface area contributed by atoms with Gasteiger partial charge in [-0.3, -0.25) is 4.79 Å². The third kappa shape index (κ3) is 7.24. The molecule has 8 heteroatoms. The number of hydrogen-bond acceptors (Lipinski definition) is 7. The average molecular weight is 533 g/mol. The van der Waals surface area contributed by atoms with Gasteiger partial charge in [0.2, 0.25) is 0 Å². The maximum absolute atomic E-state index is 13.1. The summed E-state index contributed by atoms with van der Waals surface area (Å²) in [4.78, 5) is 25.9. The summed E-state index contributed by atoms with van der Waals surface area (Å²) in [5, 5.41) is 14.6. The predicted octanol–water partition coefficient (Wildman–Crippen LogP) is 7.02. The van der Waals surface area contributed by atoms with Crippen LogP contribution in [0, 0.1) is 18.3 Å². The Hall–Kier alpha value is -4.09. The van der Waals surface area contributed by atoms with Crippen LogP contribution in [0.4, 0.5) is 5.00 Å². The number of nitrogens with one attached hydrogen (secondary N) is 1. The van der Waals surface area contributed by atoms with Gasteiger partial charge in [-0.2, -0.15) is 5.26 Å². The fourth-order valence-corrected chi connectivity index (χ4v) is 4.67. The minimum absolute atomic E-state index is 0.122. The standard InChI is InChI=1S/C30H32N2O5S/c1-5-7-8-15-37-25-14-11-21(17-26(25)35-4)16-23(18-31)28(33)32-29-27(30(34)36-6-2)24(19-38-29)22-12-9-20(3)10-13-22/h9-14,16-17,19H,5-8,15H2,1-4H3,(H,32,33). The van der Waals surface area contributed by atoms with Gasteiger partial charge in [0.15, 0.2) is 11.5 Å². The van der Waals surface area contributed by atoms with E-state index in [1.165, 1.54) is 17.4 Å². The number of anilines is 1. The van der Waals surface area contributed by atoms with Gasteiger partial charge in [-0.15, -0.1) is 11.3 Å². The van der Waals surface area contributed by atoms with Crippen molar-refractivity contribution < 1.29 is 23.8 Å². The first kappa shape index (κ1) is 28.5. The molecule has 0 radical (unpaired) electrons. The first-order chi connectivity index (χ1) is 18.4. The van der Waals surface area contributed by atoms with Gasteiger partial charge in [0.05, 0.1) is 20.3 Å². The van der Waals surface area contributed by atoms with Crippen LogP contribution in [0.3, 0.4) is 0 Å². The Labute approximate surface area is 227 Å². The number of unbranched alkanes of at least 4 members (excludes halogenated alkanes) is 2. The van der Waals surface area contributed by atoms with Crippen LogP contribution in [-0.4, -0.2) is 32.2 Å². The van der Waals surface area contributed by atoms with Crippen molar-refractivity contribution in [3.05, 3.63) is 70.1 Å². The van der Waals surface area contributed by atoms with Gasteiger partial charge in [-0.1, -0.05) is 55.7 Å². The molecule has 0 aliphatic carbocycles. The lowest BCUT2D eigenvalue weighted by molar-refractivity contribution is -0.112. The Morgan fingerprint density at radius 1 is 1.08 bits per heavy atom. The zero-order chi connectivity index (χ0) is 27.5. The summed E-state index contributed by atoms with van der Waals surface area (Å²) < 4.78 is 16.5. The molecule has 1 aromatic heterocycles. The lowest BCUT2D eigenvalue weighted by Gasteiger charge is -2.11. The first-order valence-corrected chi connectivity index (χ1v) is 13.4. The molecule has 38 heavy (non-hydrogen) atoms. The molecular weight excluding hydrogens is 500 g/mol. The second kappa shape index (κ2) is 14.0. The van der Waals surface area contributed by atoms with Crippen molar-refractivity contribution in [3.8, 4) is 28.7 Å². The maximum atomic E-state index is 13.1. The highest BCUT2D eigenvalue weighted by Crippen LogP contribution is 2.37. The number of hydrogen-bond donors (Lipinski definition) is 1. The average Bonchev–Trinajstić information content (AvgIpc) is 3.34. The van der Waals surface area contributed by atoms with Gasteiger partial charge in [0.1, 0.15) is 22.2 Å². The Balaban J connectivity index is 1.86. The van der Waals surface area contributed by atoms with Gasteiger partial charge >= 0.3 is 5.97 Å². The quantitative estimate of drug-likeness (QED) is 0.116. The molecule has 0 unspecified atom stereocenters. The van der Waals surface area contributed by atoms with Crippen molar-refractivity contribution in [2.24, 2.45) is 0 Å². The molecule has 0 aliphatic rings. The molecule has 0 saturated heterocycles. The zero-order valence-electron chi connectivity index (χ0n) is 22.1. The van der Waals surface area contributed by atoms with Crippen molar-refractivity contribution in [3.63, 3.8) is 0 Å². The number of thiophene rings is 1. The van der Waals surface area contributed by atoms with Crippen molar-refractivity contribution in [1.29, 1.82) is 5.26 Å². The topological polar surface area (TPSA) is 97.7 Å². The number of methoxy groups -OCH3 is 1. The summed E-state index contributed by atoms with van der Waals surface area (Å²) >= 11 is 1.20. The summed E-state index contributed by atoms with van der Waals surface area (Å²) in [7, 11) is 1.54. The molecule has 0 aliphatic heterocycles. The highest BCUT2D eigenvalue weighted by molar-refractivity contribution is 7.15. The molecule has 1 N–H and O–H groups in total. The predicted molar refractivity (Wildman–Crippen MR) is 151 cm³/mol. The van der Waals surface area contributed by atoms with Crippen LogP contribution in [0.25, 0.3) is 17.2 Å². The molecule has 1 heterocycles. The molecular formula is C30H32N2O5S. The van der Waals surface area contributed by atoms with Crippen molar-refractivity contribution in [2.75, 3.05) is 25.6 Å². The Morgan fingerprint density at radius 2 is 1.84 bits per heavy atom. The highest BCUT2D eigenvalue weighted by Gasteiger charge is 2.24. The summed E-state index contributed by atoms with van der Waals surface area (Å²) in [6, 6.07) is 14.9. The van der Waals surface area contributed by atoms with E-state index in [2.05, 4.69) is 12.2 Å². The van der Waals surface area contributed by atoms with E-state index in [1.807, 2.05) is 37.3 Å². The van der Waals surface area contributed by atoms with Crippen LogP contribution in [0.1, 0.15) is 54.6 Å². The monoisotopic (exact) mass is 532 g/mol. The minimum Gasteiger partial charge on any atom is -0.493 e. The van der Waals surface area contributed by atoms with E-state index in [-0.39, 0.29) is 17.7 Å². The molecule has 1 amide bonds. The second-order valence-electron chi connectivity index (χ2n) is 8.53. The van der Waals surface area contributed by atoms with E-state index in [9.17, 15) is 14.9 Å². The number of rotatable bonds is 12. The molecule has 3 aromatic rings.